The van der Waals surface area contributed by atoms with Gasteiger partial charge in [0.15, 0.2) is 11.6 Å². The number of carbonyl (C=O) groups is 1. The van der Waals surface area contributed by atoms with Gasteiger partial charge in [0.2, 0.25) is 5.91 Å². The summed E-state index contributed by atoms with van der Waals surface area (Å²) in [7, 11) is 1.63. The van der Waals surface area contributed by atoms with Gasteiger partial charge >= 0.3 is 0 Å². The molecule has 0 unspecified atom stereocenters. The second-order valence-electron chi connectivity index (χ2n) is 10.6. The van der Waals surface area contributed by atoms with E-state index in [1.807, 2.05) is 24.3 Å². The fourth-order valence-electron chi connectivity index (χ4n) is 5.25. The van der Waals surface area contributed by atoms with Gasteiger partial charge in [-0.3, -0.25) is 9.78 Å². The fraction of sp³-hybridized carbons (Fsp3) is 0.303. The first-order valence-corrected chi connectivity index (χ1v) is 15.5. The van der Waals surface area contributed by atoms with Crippen LogP contribution in [-0.2, 0) is 17.8 Å². The van der Waals surface area contributed by atoms with E-state index in [2.05, 4.69) is 31.2 Å². The second kappa shape index (κ2) is 15.5. The number of anilines is 2. The molecule has 4 aromatic rings. The van der Waals surface area contributed by atoms with Crippen molar-refractivity contribution in [2.75, 3.05) is 38.7 Å². The van der Waals surface area contributed by atoms with Crippen LogP contribution in [0.25, 0.3) is 22.4 Å². The first-order valence-electron chi connectivity index (χ1n) is 14.7. The molecule has 1 aliphatic heterocycles. The zero-order chi connectivity index (χ0) is 31.8. The van der Waals surface area contributed by atoms with Gasteiger partial charge in [-0.25, -0.2) is 9.37 Å². The standard InChI is InChI=1S/C33H35Cl2FN6O3/c1-45-27-17-21(6-5-20(27)9-12-37-19-23-7-8-28(44)41-23)32-30(35)25(11-14-39-32)24-3-2-4-26(29(24)34)42-33-31(36)22(10-13-40-33)18-38-15-16-43/h2-6,10-11,13-14,17,23,37-38,43H,7-9,12,15-16,18-19H2,1H3,(H,40,42)(H,41,44)/t23-/m1/s1. The number of aliphatic hydroxyl groups is 1. The molecule has 236 valence electrons. The quantitative estimate of drug-likeness (QED) is 0.113. The van der Waals surface area contributed by atoms with Crippen LogP contribution in [0.2, 0.25) is 10.0 Å². The molecular weight excluding hydrogens is 618 g/mol. The molecule has 0 spiro atoms. The van der Waals surface area contributed by atoms with Crippen LogP contribution in [0.1, 0.15) is 24.0 Å². The minimum absolute atomic E-state index is 0.0338. The molecule has 5 rings (SSSR count). The summed E-state index contributed by atoms with van der Waals surface area (Å²) in [5.74, 6) is 0.357. The molecule has 1 aliphatic rings. The summed E-state index contributed by atoms with van der Waals surface area (Å²) in [6, 6.07) is 14.8. The Bertz CT molecular complexity index is 1660. The molecule has 1 saturated heterocycles. The minimum atomic E-state index is -0.510. The summed E-state index contributed by atoms with van der Waals surface area (Å²) in [5, 5.41) is 22.1. The highest BCUT2D eigenvalue weighted by Gasteiger charge is 2.20. The molecule has 0 saturated carbocycles. The molecule has 0 aliphatic carbocycles. The van der Waals surface area contributed by atoms with Crippen LogP contribution < -0.4 is 26.0 Å². The third kappa shape index (κ3) is 7.89. The van der Waals surface area contributed by atoms with Crippen LogP contribution in [0.3, 0.4) is 0 Å². The van der Waals surface area contributed by atoms with E-state index >= 15 is 4.39 Å². The first kappa shape index (κ1) is 32.6. The fourth-order valence-corrected chi connectivity index (χ4v) is 5.85. The van der Waals surface area contributed by atoms with Gasteiger partial charge in [0, 0.05) is 66.7 Å². The first-order chi connectivity index (χ1) is 21.9. The molecule has 12 heteroatoms. The number of ether oxygens (including phenoxy) is 1. The van der Waals surface area contributed by atoms with E-state index in [0.29, 0.717) is 51.1 Å². The highest BCUT2D eigenvalue weighted by atomic mass is 35.5. The lowest BCUT2D eigenvalue weighted by atomic mass is 10.0. The van der Waals surface area contributed by atoms with Crippen molar-refractivity contribution in [3.8, 4) is 28.1 Å². The van der Waals surface area contributed by atoms with E-state index in [1.54, 1.807) is 37.6 Å². The van der Waals surface area contributed by atoms with Gasteiger partial charge < -0.3 is 31.1 Å². The number of aliphatic hydroxyl groups excluding tert-OH is 1. The number of nitrogens with one attached hydrogen (secondary N) is 4. The molecule has 3 heterocycles. The SMILES string of the molecule is COc1cc(-c2nccc(-c3cccc(Nc4nccc(CNCCO)c4F)c3Cl)c2Cl)ccc1CCNC[C@H]1CCC(=O)N1. The van der Waals surface area contributed by atoms with Gasteiger partial charge in [-0.15, -0.1) is 0 Å². The lowest BCUT2D eigenvalue weighted by Gasteiger charge is -2.16. The Balaban J connectivity index is 1.34. The van der Waals surface area contributed by atoms with Crippen molar-refractivity contribution < 1.29 is 19.0 Å². The summed E-state index contributed by atoms with van der Waals surface area (Å²) in [6.45, 7) is 2.03. The number of benzene rings is 2. The largest absolute Gasteiger partial charge is 0.496 e. The molecule has 5 N–H and O–H groups in total. The third-order valence-corrected chi connectivity index (χ3v) is 8.40. The Morgan fingerprint density at radius 3 is 2.62 bits per heavy atom. The Hall–Kier alpha value is -3.80. The van der Waals surface area contributed by atoms with Crippen molar-refractivity contribution in [3.63, 3.8) is 0 Å². The number of aromatic nitrogens is 2. The van der Waals surface area contributed by atoms with E-state index < -0.39 is 5.82 Å². The van der Waals surface area contributed by atoms with Crippen LogP contribution in [0.15, 0.2) is 60.9 Å². The van der Waals surface area contributed by atoms with Crippen molar-refractivity contribution >= 4 is 40.6 Å². The van der Waals surface area contributed by atoms with Crippen LogP contribution in [0.5, 0.6) is 5.75 Å². The van der Waals surface area contributed by atoms with Gasteiger partial charge in [-0.2, -0.15) is 0 Å². The average molecular weight is 654 g/mol. The number of amides is 1. The van der Waals surface area contributed by atoms with E-state index in [-0.39, 0.29) is 30.9 Å². The molecule has 2 aromatic carbocycles. The Kier molecular flexibility index (Phi) is 11.2. The summed E-state index contributed by atoms with van der Waals surface area (Å²) >= 11 is 13.8. The Morgan fingerprint density at radius 2 is 1.84 bits per heavy atom. The molecule has 2 aromatic heterocycles. The predicted molar refractivity (Wildman–Crippen MR) is 176 cm³/mol. The summed E-state index contributed by atoms with van der Waals surface area (Å²) in [5.41, 5.74) is 4.57. The highest BCUT2D eigenvalue weighted by Crippen LogP contribution is 2.41. The predicted octanol–water partition coefficient (Wildman–Crippen LogP) is 5.50. The van der Waals surface area contributed by atoms with Gasteiger partial charge in [-0.05, 0) is 49.2 Å². The molecule has 1 fully saturated rings. The van der Waals surface area contributed by atoms with Gasteiger partial charge in [0.1, 0.15) is 5.75 Å². The van der Waals surface area contributed by atoms with Crippen LogP contribution in [0.4, 0.5) is 15.9 Å². The summed E-state index contributed by atoms with van der Waals surface area (Å²) in [6.07, 6.45) is 5.38. The number of pyridine rings is 2. The number of methoxy groups -OCH3 is 1. The van der Waals surface area contributed by atoms with Gasteiger partial charge in [0.05, 0.1) is 35.1 Å². The highest BCUT2D eigenvalue weighted by molar-refractivity contribution is 6.39. The second-order valence-corrected chi connectivity index (χ2v) is 11.4. The maximum absolute atomic E-state index is 15.2. The summed E-state index contributed by atoms with van der Waals surface area (Å²) in [4.78, 5) is 20.1. The Labute approximate surface area is 271 Å². The van der Waals surface area contributed by atoms with E-state index in [4.69, 9.17) is 33.0 Å². The van der Waals surface area contributed by atoms with E-state index in [1.165, 1.54) is 6.20 Å². The number of carbonyl (C=O) groups excluding carboxylic acids is 1. The topological polar surface area (TPSA) is 120 Å². The lowest BCUT2D eigenvalue weighted by molar-refractivity contribution is -0.119. The zero-order valence-corrected chi connectivity index (χ0v) is 26.3. The number of nitrogens with zero attached hydrogens (tertiary/aromatic N) is 2. The third-order valence-electron chi connectivity index (χ3n) is 7.61. The summed E-state index contributed by atoms with van der Waals surface area (Å²) < 4.78 is 20.9. The van der Waals surface area contributed by atoms with Crippen molar-refractivity contribution in [1.82, 2.24) is 25.9 Å². The molecule has 1 amide bonds. The number of halogens is 3. The van der Waals surface area contributed by atoms with Crippen molar-refractivity contribution in [2.45, 2.75) is 31.8 Å². The molecule has 0 radical (unpaired) electrons. The van der Waals surface area contributed by atoms with Crippen molar-refractivity contribution in [3.05, 3.63) is 87.9 Å². The van der Waals surface area contributed by atoms with Crippen LogP contribution in [-0.4, -0.2) is 60.4 Å². The van der Waals surface area contributed by atoms with Crippen LogP contribution in [0, 0.1) is 5.82 Å². The smallest absolute Gasteiger partial charge is 0.220 e. The normalized spacial score (nSPS) is 14.4. The van der Waals surface area contributed by atoms with E-state index in [9.17, 15) is 4.79 Å². The maximum Gasteiger partial charge on any atom is 0.220 e. The van der Waals surface area contributed by atoms with Crippen molar-refractivity contribution in [2.24, 2.45) is 0 Å². The molecule has 0 bridgehead atoms. The average Bonchev–Trinajstić information content (AvgIpc) is 3.47. The number of rotatable bonds is 14. The van der Waals surface area contributed by atoms with Crippen molar-refractivity contribution in [1.29, 1.82) is 0 Å². The van der Waals surface area contributed by atoms with Gasteiger partial charge in [-0.1, -0.05) is 47.5 Å². The molecular formula is C33H35Cl2FN6O3. The van der Waals surface area contributed by atoms with Crippen LogP contribution >= 0.6 is 23.2 Å². The van der Waals surface area contributed by atoms with Gasteiger partial charge in [0.25, 0.3) is 0 Å². The Morgan fingerprint density at radius 1 is 1.02 bits per heavy atom. The molecule has 1 atom stereocenters. The molecule has 9 nitrogen and oxygen atoms in total. The van der Waals surface area contributed by atoms with E-state index in [0.717, 1.165) is 42.8 Å². The number of hydrogen-bond donors (Lipinski definition) is 5. The zero-order valence-electron chi connectivity index (χ0n) is 24.8. The monoisotopic (exact) mass is 652 g/mol. The maximum atomic E-state index is 15.2. The minimum Gasteiger partial charge on any atom is -0.496 e. The lowest BCUT2D eigenvalue weighted by Crippen LogP contribution is -2.36. The number of hydrogen-bond acceptors (Lipinski definition) is 8. The molecule has 45 heavy (non-hydrogen) atoms.